The van der Waals surface area contributed by atoms with Crippen molar-refractivity contribution in [3.63, 3.8) is 0 Å². The molecule has 2 rings (SSSR count). The zero-order valence-electron chi connectivity index (χ0n) is 10.8. The van der Waals surface area contributed by atoms with E-state index in [0.717, 1.165) is 17.8 Å². The molecule has 0 aliphatic heterocycles. The molecule has 92 valence electrons. The third-order valence-corrected chi connectivity index (χ3v) is 2.72. The average molecular weight is 239 g/mol. The lowest BCUT2D eigenvalue weighted by atomic mass is 10.1. The minimum Gasteiger partial charge on any atom is -0.320 e. The van der Waals surface area contributed by atoms with Gasteiger partial charge in [0.15, 0.2) is 0 Å². The van der Waals surface area contributed by atoms with Crippen LogP contribution in [0.2, 0.25) is 0 Å². The maximum atomic E-state index is 5.34. The van der Waals surface area contributed by atoms with Crippen LogP contribution in [0.1, 0.15) is 22.5 Å². The molecule has 1 heterocycles. The second kappa shape index (κ2) is 5.52. The number of aromatic nitrogens is 2. The van der Waals surface area contributed by atoms with Gasteiger partial charge in [-0.25, -0.2) is 0 Å². The first-order valence-electron chi connectivity index (χ1n) is 5.98. The number of hydrogen-bond acceptors (Lipinski definition) is 2. The summed E-state index contributed by atoms with van der Waals surface area (Å²) in [7, 11) is 0. The molecule has 2 aromatic rings. The lowest BCUT2D eigenvalue weighted by molar-refractivity contribution is 0.659. The minimum absolute atomic E-state index is 0.396. The van der Waals surface area contributed by atoms with Gasteiger partial charge >= 0.3 is 0 Å². The van der Waals surface area contributed by atoms with Crippen LogP contribution in [0.15, 0.2) is 30.3 Å². The summed E-state index contributed by atoms with van der Waals surface area (Å²) in [5.41, 5.74) is 9.80. The molecular weight excluding hydrogens is 222 g/mol. The van der Waals surface area contributed by atoms with Gasteiger partial charge in [0.05, 0.1) is 18.8 Å². The van der Waals surface area contributed by atoms with Crippen LogP contribution < -0.4 is 5.73 Å². The summed E-state index contributed by atoms with van der Waals surface area (Å²) in [5.74, 6) is 5.86. The second-order valence-corrected chi connectivity index (χ2v) is 4.29. The summed E-state index contributed by atoms with van der Waals surface area (Å²) in [6.45, 7) is 5.27. The Hall–Kier alpha value is -2.05. The summed E-state index contributed by atoms with van der Waals surface area (Å²) >= 11 is 0. The molecule has 0 aliphatic rings. The summed E-state index contributed by atoms with van der Waals surface area (Å²) in [4.78, 5) is 0. The highest BCUT2D eigenvalue weighted by Gasteiger charge is 2.01. The topological polar surface area (TPSA) is 43.8 Å². The molecule has 1 aromatic heterocycles. The van der Waals surface area contributed by atoms with E-state index < -0.39 is 0 Å². The highest BCUT2D eigenvalue weighted by atomic mass is 15.3. The Morgan fingerprint density at radius 2 is 1.94 bits per heavy atom. The summed E-state index contributed by atoms with van der Waals surface area (Å²) < 4.78 is 2.01. The number of rotatable bonds is 2. The molecule has 0 saturated heterocycles. The highest BCUT2D eigenvalue weighted by Crippen LogP contribution is 2.08. The largest absolute Gasteiger partial charge is 0.320 e. The molecule has 0 bridgehead atoms. The van der Waals surface area contributed by atoms with E-state index in [9.17, 15) is 0 Å². The van der Waals surface area contributed by atoms with E-state index in [1.165, 1.54) is 11.3 Å². The van der Waals surface area contributed by atoms with Crippen LogP contribution in [0.4, 0.5) is 0 Å². The minimum atomic E-state index is 0.396. The van der Waals surface area contributed by atoms with Crippen molar-refractivity contribution >= 4 is 0 Å². The fourth-order valence-electron chi connectivity index (χ4n) is 1.85. The monoisotopic (exact) mass is 239 g/mol. The smallest absolute Gasteiger partial charge is 0.0662 e. The van der Waals surface area contributed by atoms with Gasteiger partial charge in [-0.2, -0.15) is 5.10 Å². The van der Waals surface area contributed by atoms with Gasteiger partial charge < -0.3 is 5.73 Å². The second-order valence-electron chi connectivity index (χ2n) is 4.29. The first kappa shape index (κ1) is 12.4. The van der Waals surface area contributed by atoms with E-state index in [-0.39, 0.29) is 0 Å². The molecule has 0 saturated carbocycles. The van der Waals surface area contributed by atoms with E-state index >= 15 is 0 Å². The SMILES string of the molecule is Cc1cc(C)n(Cc2ccc(C#CCN)cc2)n1. The summed E-state index contributed by atoms with van der Waals surface area (Å²) in [5, 5.41) is 4.45. The van der Waals surface area contributed by atoms with Gasteiger partial charge in [0.1, 0.15) is 0 Å². The van der Waals surface area contributed by atoms with E-state index in [1.54, 1.807) is 0 Å². The predicted molar refractivity (Wildman–Crippen MR) is 73.2 cm³/mol. The normalized spacial score (nSPS) is 9.94. The zero-order valence-corrected chi connectivity index (χ0v) is 10.8. The van der Waals surface area contributed by atoms with E-state index in [0.29, 0.717) is 6.54 Å². The Bertz CT molecular complexity index is 582. The van der Waals surface area contributed by atoms with Gasteiger partial charge in [-0.05, 0) is 37.6 Å². The van der Waals surface area contributed by atoms with Crippen molar-refractivity contribution in [3.8, 4) is 11.8 Å². The Morgan fingerprint density at radius 3 is 2.50 bits per heavy atom. The van der Waals surface area contributed by atoms with Crippen molar-refractivity contribution in [1.82, 2.24) is 9.78 Å². The Kier molecular flexibility index (Phi) is 3.81. The molecular formula is C15H17N3. The molecule has 2 N–H and O–H groups in total. The van der Waals surface area contributed by atoms with E-state index in [2.05, 4.69) is 42.1 Å². The van der Waals surface area contributed by atoms with Crippen LogP contribution in [0, 0.1) is 25.7 Å². The maximum absolute atomic E-state index is 5.34. The number of benzene rings is 1. The summed E-state index contributed by atoms with van der Waals surface area (Å²) in [6, 6.07) is 10.3. The lowest BCUT2D eigenvalue weighted by Crippen LogP contribution is -2.03. The molecule has 3 nitrogen and oxygen atoms in total. The molecule has 1 aromatic carbocycles. The van der Waals surface area contributed by atoms with Crippen LogP contribution in [-0.4, -0.2) is 16.3 Å². The van der Waals surface area contributed by atoms with Gasteiger partial charge in [-0.3, -0.25) is 4.68 Å². The Labute approximate surface area is 108 Å². The molecule has 0 fully saturated rings. The van der Waals surface area contributed by atoms with Crippen molar-refractivity contribution in [3.05, 3.63) is 52.8 Å². The number of nitrogens with zero attached hydrogens (tertiary/aromatic N) is 2. The molecule has 0 unspecified atom stereocenters. The quantitative estimate of drug-likeness (QED) is 0.813. The van der Waals surface area contributed by atoms with Gasteiger partial charge in [-0.15, -0.1) is 0 Å². The lowest BCUT2D eigenvalue weighted by Gasteiger charge is -2.04. The van der Waals surface area contributed by atoms with Gasteiger partial charge in [-0.1, -0.05) is 24.0 Å². The Balaban J connectivity index is 2.13. The molecule has 0 aliphatic carbocycles. The molecule has 0 amide bonds. The summed E-state index contributed by atoms with van der Waals surface area (Å²) in [6.07, 6.45) is 0. The van der Waals surface area contributed by atoms with Gasteiger partial charge in [0.2, 0.25) is 0 Å². The van der Waals surface area contributed by atoms with Crippen molar-refractivity contribution in [2.24, 2.45) is 5.73 Å². The third kappa shape index (κ3) is 2.99. The van der Waals surface area contributed by atoms with Crippen molar-refractivity contribution < 1.29 is 0 Å². The standard InChI is InChI=1S/C15H17N3/c1-12-10-13(2)18(17-12)11-15-7-5-14(6-8-15)4-3-9-16/h5-8,10H,9,11,16H2,1-2H3. The maximum Gasteiger partial charge on any atom is 0.0662 e. The Morgan fingerprint density at radius 1 is 1.22 bits per heavy atom. The van der Waals surface area contributed by atoms with Crippen LogP contribution in [0.5, 0.6) is 0 Å². The van der Waals surface area contributed by atoms with Gasteiger partial charge in [0.25, 0.3) is 0 Å². The zero-order chi connectivity index (χ0) is 13.0. The molecule has 3 heteroatoms. The van der Waals surface area contributed by atoms with Crippen LogP contribution in [0.25, 0.3) is 0 Å². The van der Waals surface area contributed by atoms with E-state index in [1.807, 2.05) is 23.7 Å². The fraction of sp³-hybridized carbons (Fsp3) is 0.267. The van der Waals surface area contributed by atoms with Crippen molar-refractivity contribution in [2.75, 3.05) is 6.54 Å². The fourth-order valence-corrected chi connectivity index (χ4v) is 1.85. The average Bonchev–Trinajstić information content (AvgIpc) is 2.67. The van der Waals surface area contributed by atoms with Crippen molar-refractivity contribution in [1.29, 1.82) is 0 Å². The first-order valence-corrected chi connectivity index (χ1v) is 5.98. The van der Waals surface area contributed by atoms with Crippen LogP contribution in [-0.2, 0) is 6.54 Å². The van der Waals surface area contributed by atoms with Crippen molar-refractivity contribution in [2.45, 2.75) is 20.4 Å². The molecule has 0 atom stereocenters. The van der Waals surface area contributed by atoms with Gasteiger partial charge in [0, 0.05) is 11.3 Å². The van der Waals surface area contributed by atoms with E-state index in [4.69, 9.17) is 5.73 Å². The van der Waals surface area contributed by atoms with Crippen LogP contribution >= 0.6 is 0 Å². The number of aryl methyl sites for hydroxylation is 2. The molecule has 0 radical (unpaired) electrons. The highest BCUT2D eigenvalue weighted by molar-refractivity contribution is 5.36. The first-order chi connectivity index (χ1) is 8.69. The molecule has 0 spiro atoms. The predicted octanol–water partition coefficient (Wildman–Crippen LogP) is 1.86. The molecule has 18 heavy (non-hydrogen) atoms. The van der Waals surface area contributed by atoms with Crippen LogP contribution in [0.3, 0.4) is 0 Å². The number of hydrogen-bond donors (Lipinski definition) is 1. The number of nitrogens with two attached hydrogens (primary N) is 1. The third-order valence-electron chi connectivity index (χ3n) is 2.72.